The molecule has 0 aromatic heterocycles. The van der Waals surface area contributed by atoms with Crippen LogP contribution in [0.2, 0.25) is 0 Å². The summed E-state index contributed by atoms with van der Waals surface area (Å²) >= 11 is 0. The molecule has 0 radical (unpaired) electrons. The quantitative estimate of drug-likeness (QED) is 0.444. The molecule has 31 heavy (non-hydrogen) atoms. The first-order valence-corrected chi connectivity index (χ1v) is 12.7. The third kappa shape index (κ3) is 5.94. The molecule has 10 heteroatoms. The van der Waals surface area contributed by atoms with E-state index >= 15 is 0 Å². The van der Waals surface area contributed by atoms with Crippen molar-refractivity contribution in [1.29, 1.82) is 0 Å². The van der Waals surface area contributed by atoms with E-state index in [1.165, 1.54) is 19.3 Å². The number of esters is 2. The van der Waals surface area contributed by atoms with E-state index in [9.17, 15) is 26.8 Å². The van der Waals surface area contributed by atoms with Crippen LogP contribution in [0.25, 0.3) is 0 Å². The van der Waals surface area contributed by atoms with Gasteiger partial charge in [-0.1, -0.05) is 25.7 Å². The summed E-state index contributed by atoms with van der Waals surface area (Å²) in [6, 6.07) is 0. The minimum absolute atomic E-state index is 0.0289. The Bertz CT molecular complexity index is 749. The van der Waals surface area contributed by atoms with Gasteiger partial charge in [-0.15, -0.1) is 0 Å². The Morgan fingerprint density at radius 2 is 1.55 bits per heavy atom. The molecule has 7 nitrogen and oxygen atoms in total. The minimum Gasteiger partial charge on any atom is -0.465 e. The predicted octanol–water partition coefficient (Wildman–Crippen LogP) is 4.11. The Hall–Kier alpha value is -1.29. The van der Waals surface area contributed by atoms with Crippen LogP contribution in [-0.2, 0) is 29.2 Å². The molecule has 4 atom stereocenters. The molecule has 0 bridgehead atoms. The maximum atomic E-state index is 13.6. The van der Waals surface area contributed by atoms with Crippen LogP contribution in [0.15, 0.2) is 0 Å². The van der Waals surface area contributed by atoms with Gasteiger partial charge in [0.25, 0.3) is 0 Å². The SMILES string of the molecule is O=C(CC1CCCC2C(OC(=O)C(F)(F)S(=O)(=O)O)CCCC12)OCC1CCCCC1. The van der Waals surface area contributed by atoms with E-state index in [2.05, 4.69) is 0 Å². The molecule has 3 aliphatic rings. The van der Waals surface area contributed by atoms with Crippen molar-refractivity contribution >= 4 is 22.1 Å². The molecule has 0 heterocycles. The zero-order chi connectivity index (χ0) is 22.6. The minimum atomic E-state index is -5.89. The van der Waals surface area contributed by atoms with Crippen molar-refractivity contribution in [3.05, 3.63) is 0 Å². The molecule has 1 N–H and O–H groups in total. The molecule has 0 spiro atoms. The van der Waals surface area contributed by atoms with Gasteiger partial charge in [0.1, 0.15) is 6.10 Å². The number of rotatable bonds is 7. The van der Waals surface area contributed by atoms with E-state index in [1.807, 2.05) is 0 Å². The first kappa shape index (κ1) is 24.4. The van der Waals surface area contributed by atoms with Gasteiger partial charge in [-0.05, 0) is 68.6 Å². The molecule has 0 aromatic rings. The molecule has 3 rings (SSSR count). The number of alkyl halides is 2. The highest BCUT2D eigenvalue weighted by atomic mass is 32.2. The Morgan fingerprint density at radius 1 is 0.903 bits per heavy atom. The van der Waals surface area contributed by atoms with Crippen LogP contribution in [0.4, 0.5) is 8.78 Å². The van der Waals surface area contributed by atoms with Crippen molar-refractivity contribution < 1.29 is 40.8 Å². The van der Waals surface area contributed by atoms with Gasteiger partial charge >= 0.3 is 27.3 Å². The van der Waals surface area contributed by atoms with Crippen LogP contribution in [0.1, 0.15) is 77.0 Å². The molecule has 4 unspecified atom stereocenters. The molecule has 0 aliphatic heterocycles. The normalized spacial score (nSPS) is 30.3. The largest absolute Gasteiger partial charge is 0.465 e. The van der Waals surface area contributed by atoms with Crippen LogP contribution in [-0.4, -0.2) is 42.9 Å². The van der Waals surface area contributed by atoms with Crippen LogP contribution in [0.3, 0.4) is 0 Å². The summed E-state index contributed by atoms with van der Waals surface area (Å²) < 4.78 is 67.9. The van der Waals surface area contributed by atoms with Crippen molar-refractivity contribution in [3.63, 3.8) is 0 Å². The number of carbonyl (C=O) groups excluding carboxylic acids is 2. The number of halogens is 2. The van der Waals surface area contributed by atoms with Gasteiger partial charge in [0.2, 0.25) is 0 Å². The molecule has 0 amide bonds. The van der Waals surface area contributed by atoms with Crippen LogP contribution >= 0.6 is 0 Å². The Kier molecular flexibility index (Phi) is 7.94. The lowest BCUT2D eigenvalue weighted by atomic mass is 9.63. The maximum absolute atomic E-state index is 13.6. The average Bonchev–Trinajstić information content (AvgIpc) is 2.73. The van der Waals surface area contributed by atoms with E-state index in [-0.39, 0.29) is 30.1 Å². The summed E-state index contributed by atoms with van der Waals surface area (Å²) in [6.45, 7) is 0.449. The van der Waals surface area contributed by atoms with Gasteiger partial charge in [-0.2, -0.15) is 17.2 Å². The van der Waals surface area contributed by atoms with Crippen molar-refractivity contribution in [1.82, 2.24) is 0 Å². The summed E-state index contributed by atoms with van der Waals surface area (Å²) in [5, 5.41) is -4.99. The molecule has 178 valence electrons. The monoisotopic (exact) mass is 466 g/mol. The third-order valence-corrected chi connectivity index (χ3v) is 8.04. The highest BCUT2D eigenvalue weighted by Gasteiger charge is 2.55. The van der Waals surface area contributed by atoms with Crippen LogP contribution in [0.5, 0.6) is 0 Å². The van der Waals surface area contributed by atoms with E-state index in [1.54, 1.807) is 0 Å². The highest BCUT2D eigenvalue weighted by molar-refractivity contribution is 7.87. The second-order valence-corrected chi connectivity index (χ2v) is 10.7. The standard InChI is InChI=1S/C21H32F2O7S/c22-21(23,31(26,27)28)20(25)30-18-11-5-9-16-15(8-4-10-17(16)18)12-19(24)29-13-14-6-2-1-3-7-14/h14-18H,1-13H2,(H,26,27,28). The van der Waals surface area contributed by atoms with Gasteiger partial charge in [0.05, 0.1) is 6.61 Å². The number of ether oxygens (including phenoxy) is 2. The van der Waals surface area contributed by atoms with Gasteiger partial charge in [0.15, 0.2) is 0 Å². The lowest BCUT2D eigenvalue weighted by Crippen LogP contribution is -2.46. The summed E-state index contributed by atoms with van der Waals surface area (Å²) in [7, 11) is -5.89. The second-order valence-electron chi connectivity index (χ2n) is 9.28. The highest BCUT2D eigenvalue weighted by Crippen LogP contribution is 2.46. The lowest BCUT2D eigenvalue weighted by molar-refractivity contribution is -0.176. The zero-order valence-electron chi connectivity index (χ0n) is 17.6. The second kappa shape index (κ2) is 10.1. The molecule has 3 aliphatic carbocycles. The number of fused-ring (bicyclic) bond motifs is 1. The van der Waals surface area contributed by atoms with Gasteiger partial charge in [-0.25, -0.2) is 4.79 Å². The fraction of sp³-hybridized carbons (Fsp3) is 0.905. The van der Waals surface area contributed by atoms with E-state index in [0.717, 1.165) is 32.1 Å². The van der Waals surface area contributed by atoms with Crippen LogP contribution < -0.4 is 0 Å². The van der Waals surface area contributed by atoms with Gasteiger partial charge in [0, 0.05) is 6.42 Å². The van der Waals surface area contributed by atoms with Gasteiger partial charge in [-0.3, -0.25) is 9.35 Å². The summed E-state index contributed by atoms with van der Waals surface area (Å²) in [4.78, 5) is 24.2. The Balaban J connectivity index is 1.56. The lowest BCUT2D eigenvalue weighted by Gasteiger charge is -2.45. The van der Waals surface area contributed by atoms with E-state index < -0.39 is 27.4 Å². The molecule has 3 saturated carbocycles. The van der Waals surface area contributed by atoms with Crippen molar-refractivity contribution in [2.45, 2.75) is 88.4 Å². The summed E-state index contributed by atoms with van der Waals surface area (Å²) in [5.41, 5.74) is 0. The Morgan fingerprint density at radius 3 is 2.23 bits per heavy atom. The molecule has 3 fully saturated rings. The molecular weight excluding hydrogens is 434 g/mol. The number of carbonyl (C=O) groups is 2. The van der Waals surface area contributed by atoms with Crippen molar-refractivity contribution in [3.8, 4) is 0 Å². The average molecular weight is 467 g/mol. The summed E-state index contributed by atoms with van der Waals surface area (Å²) in [5.74, 6) is -2.20. The van der Waals surface area contributed by atoms with Crippen molar-refractivity contribution in [2.75, 3.05) is 6.61 Å². The fourth-order valence-electron chi connectivity index (χ4n) is 5.62. The topological polar surface area (TPSA) is 107 Å². The maximum Gasteiger partial charge on any atom is 0.465 e. The number of hydrogen-bond acceptors (Lipinski definition) is 6. The summed E-state index contributed by atoms with van der Waals surface area (Å²) in [6.07, 6.45) is 9.19. The molecular formula is C21H32F2O7S. The predicted molar refractivity (Wildman–Crippen MR) is 107 cm³/mol. The first-order chi connectivity index (χ1) is 14.6. The molecule has 0 saturated heterocycles. The third-order valence-electron chi connectivity index (χ3n) is 7.23. The first-order valence-electron chi connectivity index (χ1n) is 11.3. The van der Waals surface area contributed by atoms with E-state index in [0.29, 0.717) is 31.8 Å². The van der Waals surface area contributed by atoms with E-state index in [4.69, 9.17) is 14.0 Å². The van der Waals surface area contributed by atoms with Crippen molar-refractivity contribution in [2.24, 2.45) is 23.7 Å². The Labute approximate surface area is 182 Å². The fourth-order valence-corrected chi connectivity index (χ4v) is 5.88. The van der Waals surface area contributed by atoms with Crippen LogP contribution in [0, 0.1) is 23.7 Å². The van der Waals surface area contributed by atoms with Gasteiger partial charge < -0.3 is 9.47 Å². The zero-order valence-corrected chi connectivity index (χ0v) is 18.5. The molecule has 0 aromatic carbocycles. The number of hydrogen-bond donors (Lipinski definition) is 1. The smallest absolute Gasteiger partial charge is 0.465 e.